The Bertz CT molecular complexity index is 948. The van der Waals surface area contributed by atoms with E-state index in [2.05, 4.69) is 20.0 Å². The monoisotopic (exact) mass is 396 g/mol. The number of nitrogens with one attached hydrogen (secondary N) is 1. The second-order valence-corrected chi connectivity index (χ2v) is 5.47. The third-order valence-electron chi connectivity index (χ3n) is 3.57. The maximum absolute atomic E-state index is 11.8. The Kier molecular flexibility index (Phi) is 6.18. The van der Waals surface area contributed by atoms with Crippen molar-refractivity contribution in [3.8, 4) is 5.69 Å². The molecule has 0 fully saturated rings. The summed E-state index contributed by atoms with van der Waals surface area (Å²) in [5.74, 6) is -3.06. The quantitative estimate of drug-likeness (QED) is 0.702. The van der Waals surface area contributed by atoms with Crippen molar-refractivity contribution >= 4 is 17.6 Å². The van der Waals surface area contributed by atoms with Gasteiger partial charge in [-0.05, 0) is 38.1 Å². The molecule has 0 atom stereocenters. The molecule has 28 heavy (non-hydrogen) atoms. The summed E-state index contributed by atoms with van der Waals surface area (Å²) in [5.41, 5.74) is 4.03. The average Bonchev–Trinajstić information content (AvgIpc) is 3.27. The van der Waals surface area contributed by atoms with Crippen LogP contribution in [0.1, 0.15) is 21.9 Å². The first-order valence-electron chi connectivity index (χ1n) is 7.72. The number of aromatic nitrogens is 3. The summed E-state index contributed by atoms with van der Waals surface area (Å²) in [7, 11) is 0. The number of amides is 1. The number of aryl methyl sites for hydroxylation is 1. The van der Waals surface area contributed by atoms with Crippen LogP contribution >= 0.6 is 0 Å². The van der Waals surface area contributed by atoms with Gasteiger partial charge >= 0.3 is 12.1 Å². The van der Waals surface area contributed by atoms with Crippen LogP contribution in [0.25, 0.3) is 5.69 Å². The number of alkyl halides is 3. The second kappa shape index (κ2) is 8.37. The second-order valence-electron chi connectivity index (χ2n) is 5.47. The van der Waals surface area contributed by atoms with Crippen LogP contribution in [0.2, 0.25) is 0 Å². The highest BCUT2D eigenvalue weighted by molar-refractivity contribution is 6.02. The molecule has 2 heterocycles. The maximum Gasteiger partial charge on any atom is 0.490 e. The minimum Gasteiger partial charge on any atom is -0.475 e. The molecule has 8 nitrogen and oxygen atoms in total. The SMILES string of the molecule is Cc1ncn(-c2ccc(NC(=O)c3ccon3)cc2)c1C.O=C(O)C(F)(F)F. The maximum atomic E-state index is 11.8. The molecule has 0 spiro atoms. The van der Waals surface area contributed by atoms with E-state index in [1.165, 1.54) is 12.3 Å². The number of hydrogen-bond acceptors (Lipinski definition) is 5. The zero-order valence-electron chi connectivity index (χ0n) is 14.7. The van der Waals surface area contributed by atoms with E-state index < -0.39 is 12.1 Å². The predicted octanol–water partition coefficient (Wildman–Crippen LogP) is 3.36. The molecule has 0 bridgehead atoms. The molecule has 0 saturated carbocycles. The molecule has 0 radical (unpaired) electrons. The largest absolute Gasteiger partial charge is 0.490 e. The Labute approximate surface area is 156 Å². The molecule has 0 aliphatic carbocycles. The molecule has 0 aliphatic rings. The fourth-order valence-electron chi connectivity index (χ4n) is 1.99. The van der Waals surface area contributed by atoms with Gasteiger partial charge in [-0.1, -0.05) is 5.16 Å². The summed E-state index contributed by atoms with van der Waals surface area (Å²) >= 11 is 0. The highest BCUT2D eigenvalue weighted by Crippen LogP contribution is 2.17. The first-order valence-corrected chi connectivity index (χ1v) is 7.72. The van der Waals surface area contributed by atoms with Gasteiger partial charge in [0.2, 0.25) is 0 Å². The van der Waals surface area contributed by atoms with Crippen LogP contribution in [0.4, 0.5) is 18.9 Å². The van der Waals surface area contributed by atoms with Crippen LogP contribution in [-0.2, 0) is 4.79 Å². The summed E-state index contributed by atoms with van der Waals surface area (Å²) in [4.78, 5) is 25.0. The number of carboxylic acid groups (broad SMARTS) is 1. The van der Waals surface area contributed by atoms with E-state index in [-0.39, 0.29) is 11.6 Å². The third-order valence-corrected chi connectivity index (χ3v) is 3.57. The molecule has 2 aromatic heterocycles. The van der Waals surface area contributed by atoms with Crippen molar-refractivity contribution in [2.24, 2.45) is 0 Å². The van der Waals surface area contributed by atoms with Gasteiger partial charge in [0.25, 0.3) is 5.91 Å². The van der Waals surface area contributed by atoms with Gasteiger partial charge in [0.15, 0.2) is 5.69 Å². The summed E-state index contributed by atoms with van der Waals surface area (Å²) in [5, 5.41) is 13.5. The van der Waals surface area contributed by atoms with Crippen molar-refractivity contribution in [2.45, 2.75) is 20.0 Å². The van der Waals surface area contributed by atoms with E-state index in [0.717, 1.165) is 17.1 Å². The molecule has 1 aromatic carbocycles. The van der Waals surface area contributed by atoms with Gasteiger partial charge < -0.3 is 19.5 Å². The number of carboxylic acids is 1. The molecule has 3 aromatic rings. The minimum absolute atomic E-state index is 0.250. The average molecular weight is 396 g/mol. The van der Waals surface area contributed by atoms with Crippen LogP contribution in [-0.4, -0.2) is 37.9 Å². The number of hydrogen-bond donors (Lipinski definition) is 2. The molecule has 0 saturated heterocycles. The molecule has 0 unspecified atom stereocenters. The van der Waals surface area contributed by atoms with Crippen molar-refractivity contribution in [1.82, 2.24) is 14.7 Å². The lowest BCUT2D eigenvalue weighted by molar-refractivity contribution is -0.192. The Morgan fingerprint density at radius 3 is 2.18 bits per heavy atom. The fraction of sp³-hybridized carbons (Fsp3) is 0.176. The van der Waals surface area contributed by atoms with Crippen molar-refractivity contribution in [3.63, 3.8) is 0 Å². The van der Waals surface area contributed by atoms with E-state index in [0.29, 0.717) is 5.69 Å². The number of aliphatic carboxylic acids is 1. The number of carbonyl (C=O) groups excluding carboxylic acids is 1. The summed E-state index contributed by atoms with van der Waals surface area (Å²) < 4.78 is 38.4. The van der Waals surface area contributed by atoms with Crippen molar-refractivity contribution < 1.29 is 32.4 Å². The number of rotatable bonds is 3. The van der Waals surface area contributed by atoms with Gasteiger partial charge in [-0.25, -0.2) is 9.78 Å². The summed E-state index contributed by atoms with van der Waals surface area (Å²) in [6.07, 6.45) is -1.93. The number of nitrogens with zero attached hydrogens (tertiary/aromatic N) is 3. The Balaban J connectivity index is 0.000000345. The number of carbonyl (C=O) groups is 2. The zero-order valence-corrected chi connectivity index (χ0v) is 14.7. The molecule has 0 aliphatic heterocycles. The van der Waals surface area contributed by atoms with Gasteiger partial charge in [0, 0.05) is 23.1 Å². The lowest BCUT2D eigenvalue weighted by atomic mass is 10.2. The first-order chi connectivity index (χ1) is 13.1. The Morgan fingerprint density at radius 2 is 1.75 bits per heavy atom. The summed E-state index contributed by atoms with van der Waals surface area (Å²) in [6.45, 7) is 3.99. The molecule has 2 N–H and O–H groups in total. The van der Waals surface area contributed by atoms with Gasteiger partial charge in [-0.2, -0.15) is 13.2 Å². The number of halogens is 3. The van der Waals surface area contributed by atoms with Crippen LogP contribution in [0, 0.1) is 13.8 Å². The number of benzene rings is 1. The highest BCUT2D eigenvalue weighted by atomic mass is 19.4. The molecule has 3 rings (SSSR count). The van der Waals surface area contributed by atoms with E-state index in [4.69, 9.17) is 9.90 Å². The van der Waals surface area contributed by atoms with Crippen LogP contribution in [0.15, 0.2) is 47.4 Å². The number of anilines is 1. The van der Waals surface area contributed by atoms with Gasteiger partial charge in [0.05, 0.1) is 12.0 Å². The highest BCUT2D eigenvalue weighted by Gasteiger charge is 2.38. The van der Waals surface area contributed by atoms with Gasteiger partial charge in [0.1, 0.15) is 6.26 Å². The van der Waals surface area contributed by atoms with Crippen LogP contribution in [0.5, 0.6) is 0 Å². The summed E-state index contributed by atoms with van der Waals surface area (Å²) in [6, 6.07) is 9.03. The normalized spacial score (nSPS) is 10.8. The number of imidazole rings is 1. The minimum atomic E-state index is -5.08. The van der Waals surface area contributed by atoms with E-state index in [9.17, 15) is 18.0 Å². The van der Waals surface area contributed by atoms with Crippen LogP contribution in [0.3, 0.4) is 0 Å². The molecular weight excluding hydrogens is 381 g/mol. The molecule has 148 valence electrons. The van der Waals surface area contributed by atoms with Crippen LogP contribution < -0.4 is 5.32 Å². The van der Waals surface area contributed by atoms with Crippen molar-refractivity contribution in [3.05, 3.63) is 60.0 Å². The Morgan fingerprint density at radius 1 is 1.14 bits per heavy atom. The van der Waals surface area contributed by atoms with Gasteiger partial charge in [-0.15, -0.1) is 0 Å². The van der Waals surface area contributed by atoms with E-state index in [1.54, 1.807) is 6.33 Å². The van der Waals surface area contributed by atoms with E-state index in [1.807, 2.05) is 42.7 Å². The standard InChI is InChI=1S/C15H14N4O2.C2HF3O2/c1-10-11(2)19(9-16-10)13-5-3-12(4-6-13)17-15(20)14-7-8-21-18-14;3-2(4,5)1(6)7/h3-9H,1-2H3,(H,17,20);(H,6,7). The smallest absolute Gasteiger partial charge is 0.475 e. The van der Waals surface area contributed by atoms with Crippen molar-refractivity contribution in [1.29, 1.82) is 0 Å². The molecule has 1 amide bonds. The predicted molar refractivity (Wildman–Crippen MR) is 91.2 cm³/mol. The Hall–Kier alpha value is -3.63. The zero-order chi connectivity index (χ0) is 20.9. The lowest BCUT2D eigenvalue weighted by Crippen LogP contribution is -2.21. The van der Waals surface area contributed by atoms with E-state index >= 15 is 0 Å². The first kappa shape index (κ1) is 20.7. The van der Waals surface area contributed by atoms with Gasteiger partial charge in [-0.3, -0.25) is 4.79 Å². The van der Waals surface area contributed by atoms with Crippen molar-refractivity contribution in [2.75, 3.05) is 5.32 Å². The lowest BCUT2D eigenvalue weighted by Gasteiger charge is -2.07. The molecular formula is C17H15F3N4O4. The topological polar surface area (TPSA) is 110 Å². The third kappa shape index (κ3) is 5.19. The fourth-order valence-corrected chi connectivity index (χ4v) is 1.99. The molecule has 11 heteroatoms.